The fraction of sp³-hybridized carbons (Fsp3) is 0.160. The van der Waals surface area contributed by atoms with Gasteiger partial charge in [-0.15, -0.1) is 0 Å². The third-order valence-electron chi connectivity index (χ3n) is 4.96. The number of nitrogens with two attached hydrogens (primary N) is 1. The van der Waals surface area contributed by atoms with E-state index >= 15 is 0 Å². The fourth-order valence-corrected chi connectivity index (χ4v) is 4.30. The molecular weight excluding hydrogens is 438 g/mol. The van der Waals surface area contributed by atoms with Gasteiger partial charge in [0.15, 0.2) is 11.7 Å². The molecule has 3 aromatic carbocycles. The molecule has 8 heteroatoms. The van der Waals surface area contributed by atoms with E-state index in [4.69, 9.17) is 15.2 Å². The van der Waals surface area contributed by atoms with Gasteiger partial charge in [-0.2, -0.15) is 0 Å². The predicted molar refractivity (Wildman–Crippen MR) is 129 cm³/mol. The molecule has 4 rings (SSSR count). The summed E-state index contributed by atoms with van der Waals surface area (Å²) in [6.45, 7) is 0.221. The van der Waals surface area contributed by atoms with Crippen molar-refractivity contribution in [2.75, 3.05) is 18.6 Å². The maximum Gasteiger partial charge on any atom is 0.267 e. The molecule has 4 aromatic rings. The maximum atomic E-state index is 13.2. The highest BCUT2D eigenvalue weighted by Crippen LogP contribution is 2.32. The summed E-state index contributed by atoms with van der Waals surface area (Å²) >= 11 is 1.43. The average molecular weight is 462 g/mol. The van der Waals surface area contributed by atoms with Crippen LogP contribution in [0.3, 0.4) is 0 Å². The summed E-state index contributed by atoms with van der Waals surface area (Å²) in [4.78, 5) is 30.6. The molecule has 1 heterocycles. The lowest BCUT2D eigenvalue weighted by Gasteiger charge is -2.20. The van der Waals surface area contributed by atoms with Crippen molar-refractivity contribution in [3.8, 4) is 11.5 Å². The number of ether oxygens (including phenoxy) is 2. The van der Waals surface area contributed by atoms with Gasteiger partial charge in [-0.3, -0.25) is 14.5 Å². The summed E-state index contributed by atoms with van der Waals surface area (Å²) in [7, 11) is 1.62. The zero-order valence-corrected chi connectivity index (χ0v) is 18.9. The van der Waals surface area contributed by atoms with E-state index < -0.39 is 5.91 Å². The molecular formula is C25H23N3O4S. The van der Waals surface area contributed by atoms with Gasteiger partial charge in [-0.1, -0.05) is 53.8 Å². The number of hydrogen-bond donors (Lipinski definition) is 1. The predicted octanol–water partition coefficient (Wildman–Crippen LogP) is 3.94. The molecule has 0 bridgehead atoms. The Morgan fingerprint density at radius 1 is 0.970 bits per heavy atom. The molecule has 0 aliphatic carbocycles. The quantitative estimate of drug-likeness (QED) is 0.407. The number of methoxy groups -OCH3 is 1. The molecule has 0 aliphatic rings. The van der Waals surface area contributed by atoms with E-state index in [1.54, 1.807) is 36.3 Å². The number of carbonyl (C=O) groups is 2. The van der Waals surface area contributed by atoms with E-state index in [1.165, 1.54) is 11.3 Å². The molecule has 2 amide bonds. The highest BCUT2D eigenvalue weighted by Gasteiger charge is 2.21. The van der Waals surface area contributed by atoms with Crippen molar-refractivity contribution in [2.45, 2.75) is 13.0 Å². The van der Waals surface area contributed by atoms with Crippen LogP contribution in [0.25, 0.3) is 10.2 Å². The van der Waals surface area contributed by atoms with Gasteiger partial charge in [0.25, 0.3) is 5.91 Å². The van der Waals surface area contributed by atoms with Crippen molar-refractivity contribution in [2.24, 2.45) is 5.73 Å². The first kappa shape index (κ1) is 22.3. The van der Waals surface area contributed by atoms with E-state index in [0.717, 1.165) is 27.1 Å². The van der Waals surface area contributed by atoms with Gasteiger partial charge in [-0.25, -0.2) is 4.98 Å². The van der Waals surface area contributed by atoms with Crippen LogP contribution in [-0.4, -0.2) is 30.5 Å². The minimum Gasteiger partial charge on any atom is -0.497 e. The lowest BCUT2D eigenvalue weighted by atomic mass is 10.1. The average Bonchev–Trinajstić information content (AvgIpc) is 3.25. The number of anilines is 1. The Bertz CT molecular complexity index is 1260. The Morgan fingerprint density at radius 2 is 1.70 bits per heavy atom. The van der Waals surface area contributed by atoms with E-state index in [2.05, 4.69) is 4.98 Å². The van der Waals surface area contributed by atoms with Gasteiger partial charge in [0.1, 0.15) is 11.5 Å². The highest BCUT2D eigenvalue weighted by molar-refractivity contribution is 7.22. The molecule has 0 aliphatic heterocycles. The molecule has 33 heavy (non-hydrogen) atoms. The first-order valence-corrected chi connectivity index (χ1v) is 11.1. The standard InChI is InChI=1S/C25H23N3O4S/c1-31-20-11-12-21-22(14-20)33-25(27-21)28(15-18-5-3-2-4-6-18)24(30)16-32-19-9-7-17(8-10-19)13-23(26)29/h2-12,14H,13,15-16H2,1H3,(H2,26,29). The molecule has 0 unspecified atom stereocenters. The van der Waals surface area contributed by atoms with Crippen molar-refractivity contribution in [3.05, 3.63) is 83.9 Å². The van der Waals surface area contributed by atoms with Crippen LogP contribution < -0.4 is 20.1 Å². The lowest BCUT2D eigenvalue weighted by Crippen LogP contribution is -2.34. The zero-order chi connectivity index (χ0) is 23.2. The summed E-state index contributed by atoms with van der Waals surface area (Å²) in [5.41, 5.74) is 7.80. The number of carbonyl (C=O) groups excluding carboxylic acids is 2. The van der Waals surface area contributed by atoms with Gasteiger partial charge in [-0.05, 0) is 41.5 Å². The van der Waals surface area contributed by atoms with Gasteiger partial charge in [0, 0.05) is 0 Å². The van der Waals surface area contributed by atoms with Crippen LogP contribution in [0.5, 0.6) is 11.5 Å². The highest BCUT2D eigenvalue weighted by atomic mass is 32.1. The van der Waals surface area contributed by atoms with Crippen molar-refractivity contribution in [1.82, 2.24) is 4.98 Å². The summed E-state index contributed by atoms with van der Waals surface area (Å²) in [6.07, 6.45) is 0.159. The Labute approximate surface area is 195 Å². The van der Waals surface area contributed by atoms with Crippen LogP contribution in [0.1, 0.15) is 11.1 Å². The number of hydrogen-bond acceptors (Lipinski definition) is 6. The number of fused-ring (bicyclic) bond motifs is 1. The van der Waals surface area contributed by atoms with Gasteiger partial charge in [0.05, 0.1) is 30.3 Å². The van der Waals surface area contributed by atoms with Gasteiger partial charge >= 0.3 is 0 Å². The molecule has 0 spiro atoms. The third kappa shape index (κ3) is 5.67. The van der Waals surface area contributed by atoms with Crippen LogP contribution in [0.2, 0.25) is 0 Å². The molecule has 0 saturated carbocycles. The van der Waals surface area contributed by atoms with Crippen molar-refractivity contribution < 1.29 is 19.1 Å². The van der Waals surface area contributed by atoms with Crippen LogP contribution in [0.15, 0.2) is 72.8 Å². The van der Waals surface area contributed by atoms with Crippen molar-refractivity contribution in [1.29, 1.82) is 0 Å². The Hall–Kier alpha value is -3.91. The second-order valence-electron chi connectivity index (χ2n) is 7.37. The molecule has 0 saturated heterocycles. The first-order valence-electron chi connectivity index (χ1n) is 10.3. The van der Waals surface area contributed by atoms with Crippen LogP contribution >= 0.6 is 11.3 Å². The number of amides is 2. The van der Waals surface area contributed by atoms with E-state index in [1.807, 2.05) is 48.5 Å². The number of nitrogens with zero attached hydrogens (tertiary/aromatic N) is 2. The van der Waals surface area contributed by atoms with Gasteiger partial charge < -0.3 is 15.2 Å². The SMILES string of the molecule is COc1ccc2nc(N(Cc3ccccc3)C(=O)COc3ccc(CC(N)=O)cc3)sc2c1. The number of benzene rings is 3. The Balaban J connectivity index is 1.54. The molecule has 0 radical (unpaired) electrons. The lowest BCUT2D eigenvalue weighted by molar-refractivity contribution is -0.120. The molecule has 0 fully saturated rings. The number of primary amides is 1. The normalized spacial score (nSPS) is 10.7. The molecule has 0 atom stereocenters. The van der Waals surface area contributed by atoms with Crippen molar-refractivity contribution >= 4 is 38.5 Å². The minimum absolute atomic E-state index is 0.152. The molecule has 7 nitrogen and oxygen atoms in total. The van der Waals surface area contributed by atoms with Crippen LogP contribution in [0.4, 0.5) is 5.13 Å². The third-order valence-corrected chi connectivity index (χ3v) is 6.00. The van der Waals surface area contributed by atoms with E-state index in [9.17, 15) is 9.59 Å². The second-order valence-corrected chi connectivity index (χ2v) is 8.38. The molecule has 168 valence electrons. The van der Waals surface area contributed by atoms with Crippen LogP contribution in [0, 0.1) is 0 Å². The first-order chi connectivity index (χ1) is 16.0. The maximum absolute atomic E-state index is 13.2. The molecule has 1 aromatic heterocycles. The van der Waals surface area contributed by atoms with E-state index in [-0.39, 0.29) is 18.9 Å². The summed E-state index contributed by atoms with van der Waals surface area (Å²) in [5, 5.41) is 0.590. The Morgan fingerprint density at radius 3 is 2.39 bits per heavy atom. The smallest absolute Gasteiger partial charge is 0.267 e. The largest absolute Gasteiger partial charge is 0.497 e. The number of rotatable bonds is 9. The minimum atomic E-state index is -0.399. The van der Waals surface area contributed by atoms with Crippen molar-refractivity contribution in [3.63, 3.8) is 0 Å². The molecule has 2 N–H and O–H groups in total. The zero-order valence-electron chi connectivity index (χ0n) is 18.1. The fourth-order valence-electron chi connectivity index (χ4n) is 3.29. The topological polar surface area (TPSA) is 94.8 Å². The number of aromatic nitrogens is 1. The summed E-state index contributed by atoms with van der Waals surface area (Å²) in [5.74, 6) is 0.655. The van der Waals surface area contributed by atoms with Gasteiger partial charge in [0.2, 0.25) is 5.91 Å². The second kappa shape index (κ2) is 10.1. The number of thiazole rings is 1. The van der Waals surface area contributed by atoms with Crippen LogP contribution in [-0.2, 0) is 22.6 Å². The monoisotopic (exact) mass is 461 g/mol. The summed E-state index contributed by atoms with van der Waals surface area (Å²) < 4.78 is 12.0. The Kier molecular flexibility index (Phi) is 6.85. The summed E-state index contributed by atoms with van der Waals surface area (Å²) in [6, 6.07) is 22.3. The van der Waals surface area contributed by atoms with E-state index in [0.29, 0.717) is 17.4 Å².